The molecule has 1 aromatic carbocycles. The Morgan fingerprint density at radius 2 is 2.06 bits per heavy atom. The lowest BCUT2D eigenvalue weighted by Crippen LogP contribution is -2.10. The third-order valence-electron chi connectivity index (χ3n) is 2.69. The number of ketones is 1. The Labute approximate surface area is 104 Å². The van der Waals surface area contributed by atoms with Gasteiger partial charge in [-0.1, -0.05) is 12.1 Å². The van der Waals surface area contributed by atoms with Crippen molar-refractivity contribution in [2.24, 2.45) is 0 Å². The number of halogens is 3. The van der Waals surface area contributed by atoms with Gasteiger partial charge in [0.1, 0.15) is 0 Å². The van der Waals surface area contributed by atoms with E-state index in [0.29, 0.717) is 6.42 Å². The first kappa shape index (κ1) is 14.7. The molecule has 0 heterocycles. The zero-order chi connectivity index (χ0) is 13.8. The van der Waals surface area contributed by atoms with Crippen LogP contribution in [0.2, 0.25) is 0 Å². The van der Waals surface area contributed by atoms with E-state index in [1.165, 1.54) is 19.2 Å². The van der Waals surface area contributed by atoms with E-state index in [4.69, 9.17) is 4.74 Å². The summed E-state index contributed by atoms with van der Waals surface area (Å²) in [6.45, 7) is 1.80. The van der Waals surface area contributed by atoms with Crippen molar-refractivity contribution in [1.82, 2.24) is 0 Å². The lowest BCUT2D eigenvalue weighted by atomic mass is 10.0. The molecule has 100 valence electrons. The predicted molar refractivity (Wildman–Crippen MR) is 61.5 cm³/mol. The Hall–Kier alpha value is -1.36. The van der Waals surface area contributed by atoms with Gasteiger partial charge in [-0.3, -0.25) is 4.79 Å². The average Bonchev–Trinajstić information content (AvgIpc) is 2.34. The minimum Gasteiger partial charge on any atom is -0.382 e. The third kappa shape index (κ3) is 4.14. The highest BCUT2D eigenvalue weighted by Crippen LogP contribution is 2.29. The van der Waals surface area contributed by atoms with E-state index in [9.17, 15) is 18.0 Å². The highest BCUT2D eigenvalue weighted by atomic mass is 19.4. The van der Waals surface area contributed by atoms with Gasteiger partial charge in [0.05, 0.1) is 11.7 Å². The molecule has 0 fully saturated rings. The van der Waals surface area contributed by atoms with Crippen LogP contribution in [0.1, 0.15) is 35.7 Å². The number of rotatable bonds is 5. The molecule has 0 N–H and O–H groups in total. The van der Waals surface area contributed by atoms with Crippen molar-refractivity contribution in [2.75, 3.05) is 7.11 Å². The first-order chi connectivity index (χ1) is 8.34. The van der Waals surface area contributed by atoms with E-state index in [1.807, 2.05) is 0 Å². The third-order valence-corrected chi connectivity index (χ3v) is 2.69. The first-order valence-corrected chi connectivity index (χ1v) is 5.58. The molecule has 0 aliphatic carbocycles. The molecule has 1 rings (SSSR count). The van der Waals surface area contributed by atoms with Crippen molar-refractivity contribution in [3.63, 3.8) is 0 Å². The van der Waals surface area contributed by atoms with Crippen molar-refractivity contribution in [3.05, 3.63) is 35.4 Å². The fourth-order valence-electron chi connectivity index (χ4n) is 1.47. The molecular weight excluding hydrogens is 245 g/mol. The number of benzene rings is 1. The maximum absolute atomic E-state index is 12.5. The maximum atomic E-state index is 12.5. The Kier molecular flexibility index (Phi) is 4.90. The fourth-order valence-corrected chi connectivity index (χ4v) is 1.47. The standard InChI is InChI=1S/C13H15F3O2/c1-9(18-2)6-7-12(17)10-4-3-5-11(8-10)13(14,15)16/h3-5,8-9H,6-7H2,1-2H3. The highest BCUT2D eigenvalue weighted by molar-refractivity contribution is 5.96. The van der Waals surface area contributed by atoms with Crippen molar-refractivity contribution >= 4 is 5.78 Å². The number of Topliss-reactive ketones (excluding diaryl/α,β-unsaturated/α-hetero) is 1. The minimum atomic E-state index is -4.42. The summed E-state index contributed by atoms with van der Waals surface area (Å²) in [5.41, 5.74) is -0.707. The monoisotopic (exact) mass is 260 g/mol. The van der Waals surface area contributed by atoms with E-state index in [1.54, 1.807) is 6.92 Å². The van der Waals surface area contributed by atoms with Gasteiger partial charge >= 0.3 is 6.18 Å². The van der Waals surface area contributed by atoms with Crippen LogP contribution in [-0.4, -0.2) is 19.0 Å². The van der Waals surface area contributed by atoms with Crippen LogP contribution in [0.4, 0.5) is 13.2 Å². The molecule has 0 amide bonds. The van der Waals surface area contributed by atoms with Crippen molar-refractivity contribution < 1.29 is 22.7 Å². The Morgan fingerprint density at radius 3 is 2.61 bits per heavy atom. The molecule has 0 bridgehead atoms. The smallest absolute Gasteiger partial charge is 0.382 e. The molecule has 1 aromatic rings. The summed E-state index contributed by atoms with van der Waals surface area (Å²) in [5.74, 6) is -0.301. The summed E-state index contributed by atoms with van der Waals surface area (Å²) in [5, 5.41) is 0. The number of ether oxygens (including phenoxy) is 1. The van der Waals surface area contributed by atoms with Gasteiger partial charge in [-0.2, -0.15) is 13.2 Å². The number of hydrogen-bond acceptors (Lipinski definition) is 2. The lowest BCUT2D eigenvalue weighted by molar-refractivity contribution is -0.137. The largest absolute Gasteiger partial charge is 0.416 e. The van der Waals surface area contributed by atoms with Gasteiger partial charge in [-0.15, -0.1) is 0 Å². The first-order valence-electron chi connectivity index (χ1n) is 5.58. The molecule has 0 radical (unpaired) electrons. The number of carbonyl (C=O) groups is 1. The molecule has 1 atom stereocenters. The van der Waals surface area contributed by atoms with E-state index >= 15 is 0 Å². The van der Waals surface area contributed by atoms with Crippen LogP contribution in [-0.2, 0) is 10.9 Å². The molecule has 0 aliphatic heterocycles. The van der Waals surface area contributed by atoms with Crippen LogP contribution in [0.15, 0.2) is 24.3 Å². The van der Waals surface area contributed by atoms with Gasteiger partial charge in [0.15, 0.2) is 5.78 Å². The molecule has 0 aromatic heterocycles. The summed E-state index contributed by atoms with van der Waals surface area (Å²) >= 11 is 0. The Morgan fingerprint density at radius 1 is 1.39 bits per heavy atom. The van der Waals surface area contributed by atoms with E-state index in [0.717, 1.165) is 12.1 Å². The summed E-state index contributed by atoms with van der Waals surface area (Å²) < 4.78 is 42.4. The highest BCUT2D eigenvalue weighted by Gasteiger charge is 2.30. The van der Waals surface area contributed by atoms with Crippen molar-refractivity contribution in [1.29, 1.82) is 0 Å². The van der Waals surface area contributed by atoms with Crippen molar-refractivity contribution in [2.45, 2.75) is 32.0 Å². The van der Waals surface area contributed by atoms with Crippen molar-refractivity contribution in [3.8, 4) is 0 Å². The predicted octanol–water partition coefficient (Wildman–Crippen LogP) is 3.70. The molecular formula is C13H15F3O2. The van der Waals surface area contributed by atoms with Crippen LogP contribution in [0, 0.1) is 0 Å². The Bertz CT molecular complexity index is 413. The molecule has 0 saturated heterocycles. The van der Waals surface area contributed by atoms with Gasteiger partial charge in [-0.05, 0) is 25.5 Å². The second-order valence-corrected chi connectivity index (χ2v) is 4.09. The average molecular weight is 260 g/mol. The van der Waals surface area contributed by atoms with E-state index in [2.05, 4.69) is 0 Å². The van der Waals surface area contributed by atoms with Crippen LogP contribution in [0.25, 0.3) is 0 Å². The second-order valence-electron chi connectivity index (χ2n) is 4.09. The number of alkyl halides is 3. The molecule has 2 nitrogen and oxygen atoms in total. The van der Waals surface area contributed by atoms with E-state index in [-0.39, 0.29) is 23.9 Å². The normalized spacial score (nSPS) is 13.4. The summed E-state index contributed by atoms with van der Waals surface area (Å²) in [7, 11) is 1.53. The SMILES string of the molecule is COC(C)CCC(=O)c1cccc(C(F)(F)F)c1. The topological polar surface area (TPSA) is 26.3 Å². The Balaban J connectivity index is 2.75. The summed E-state index contributed by atoms with van der Waals surface area (Å²) in [4.78, 5) is 11.7. The molecule has 18 heavy (non-hydrogen) atoms. The van der Waals surface area contributed by atoms with Crippen LogP contribution in [0.3, 0.4) is 0 Å². The molecule has 0 saturated carbocycles. The quantitative estimate of drug-likeness (QED) is 0.754. The second kappa shape index (κ2) is 6.00. The van der Waals surface area contributed by atoms with Gasteiger partial charge < -0.3 is 4.74 Å². The summed E-state index contributed by atoms with van der Waals surface area (Å²) in [6, 6.07) is 4.49. The van der Waals surface area contributed by atoms with Crippen LogP contribution in [0.5, 0.6) is 0 Å². The molecule has 0 aliphatic rings. The minimum absolute atomic E-state index is 0.0836. The fraction of sp³-hybridized carbons (Fsp3) is 0.462. The number of methoxy groups -OCH3 is 1. The van der Waals surface area contributed by atoms with Crippen LogP contribution < -0.4 is 0 Å². The van der Waals surface area contributed by atoms with Gasteiger partial charge in [0.25, 0.3) is 0 Å². The molecule has 0 spiro atoms. The molecule has 1 unspecified atom stereocenters. The van der Waals surface area contributed by atoms with Gasteiger partial charge in [-0.25, -0.2) is 0 Å². The zero-order valence-electron chi connectivity index (χ0n) is 10.3. The maximum Gasteiger partial charge on any atom is 0.416 e. The summed E-state index contributed by atoms with van der Waals surface area (Å²) in [6.07, 6.45) is -3.84. The number of hydrogen-bond donors (Lipinski definition) is 0. The zero-order valence-corrected chi connectivity index (χ0v) is 10.3. The molecule has 5 heteroatoms. The number of carbonyl (C=O) groups excluding carboxylic acids is 1. The lowest BCUT2D eigenvalue weighted by Gasteiger charge is -2.10. The van der Waals surface area contributed by atoms with Gasteiger partial charge in [0.2, 0.25) is 0 Å². The van der Waals surface area contributed by atoms with Crippen LogP contribution >= 0.6 is 0 Å². The van der Waals surface area contributed by atoms with Gasteiger partial charge in [0, 0.05) is 19.1 Å². The van der Waals surface area contributed by atoms with E-state index < -0.39 is 11.7 Å².